The minimum Gasteiger partial charge on any atom is -0.356 e. The largest absolute Gasteiger partial charge is 0.356 e. The first-order valence-electron chi connectivity index (χ1n) is 7.40. The van der Waals surface area contributed by atoms with Crippen molar-refractivity contribution in [3.63, 3.8) is 0 Å². The number of ketones is 1. The first-order chi connectivity index (χ1) is 11.0. The first-order valence-corrected chi connectivity index (χ1v) is 8.57. The fourth-order valence-electron chi connectivity index (χ4n) is 2.84. The van der Waals surface area contributed by atoms with E-state index in [0.717, 1.165) is 36.2 Å². The highest BCUT2D eigenvalue weighted by Crippen LogP contribution is 2.30. The number of carbonyl (C=O) groups is 1. The standard InChI is InChI=1S/C17H15BrClFN2O/c18-15-9-13(19)10-21-17(15)22-7-5-12(6-8-22)16(23)11-1-3-14(20)4-2-11/h1-4,9-10,12H,5-8H2. The lowest BCUT2D eigenvalue weighted by molar-refractivity contribution is 0.0900. The molecule has 0 bridgehead atoms. The van der Waals surface area contributed by atoms with Gasteiger partial charge in [-0.25, -0.2) is 9.37 Å². The maximum absolute atomic E-state index is 13.0. The number of hydrogen-bond acceptors (Lipinski definition) is 3. The van der Waals surface area contributed by atoms with Crippen LogP contribution in [-0.4, -0.2) is 23.9 Å². The van der Waals surface area contributed by atoms with E-state index in [9.17, 15) is 9.18 Å². The number of rotatable bonds is 3. The summed E-state index contributed by atoms with van der Waals surface area (Å²) in [7, 11) is 0. The molecule has 2 heterocycles. The van der Waals surface area contributed by atoms with Crippen LogP contribution in [0.3, 0.4) is 0 Å². The summed E-state index contributed by atoms with van der Waals surface area (Å²) in [6, 6.07) is 7.59. The van der Waals surface area contributed by atoms with Crippen LogP contribution < -0.4 is 4.90 Å². The molecule has 2 aromatic rings. The number of anilines is 1. The second-order valence-electron chi connectivity index (χ2n) is 5.59. The van der Waals surface area contributed by atoms with Gasteiger partial charge in [-0.15, -0.1) is 0 Å². The lowest BCUT2D eigenvalue weighted by atomic mass is 9.89. The zero-order valence-corrected chi connectivity index (χ0v) is 14.6. The van der Waals surface area contributed by atoms with Crippen LogP contribution in [0, 0.1) is 11.7 Å². The highest BCUT2D eigenvalue weighted by Gasteiger charge is 2.27. The molecule has 0 radical (unpaired) electrons. The molecule has 120 valence electrons. The summed E-state index contributed by atoms with van der Waals surface area (Å²) in [5, 5.41) is 0.585. The van der Waals surface area contributed by atoms with E-state index in [2.05, 4.69) is 25.8 Å². The Balaban J connectivity index is 1.66. The van der Waals surface area contributed by atoms with Gasteiger partial charge in [0, 0.05) is 30.8 Å². The molecule has 1 fully saturated rings. The topological polar surface area (TPSA) is 33.2 Å². The third-order valence-corrected chi connectivity index (χ3v) is 4.87. The Morgan fingerprint density at radius 3 is 2.52 bits per heavy atom. The molecule has 1 aliphatic heterocycles. The van der Waals surface area contributed by atoms with Crippen LogP contribution in [0.15, 0.2) is 41.0 Å². The third-order valence-electron chi connectivity index (χ3n) is 4.08. The van der Waals surface area contributed by atoms with Crippen molar-refractivity contribution in [3.8, 4) is 0 Å². The summed E-state index contributed by atoms with van der Waals surface area (Å²) in [6.45, 7) is 1.51. The average molecular weight is 398 g/mol. The van der Waals surface area contributed by atoms with Crippen molar-refractivity contribution in [1.29, 1.82) is 0 Å². The molecule has 1 saturated heterocycles. The summed E-state index contributed by atoms with van der Waals surface area (Å²) in [4.78, 5) is 19.0. The van der Waals surface area contributed by atoms with Crippen molar-refractivity contribution >= 4 is 39.1 Å². The maximum Gasteiger partial charge on any atom is 0.166 e. The van der Waals surface area contributed by atoms with Gasteiger partial charge in [0.15, 0.2) is 5.78 Å². The Hall–Kier alpha value is -1.46. The molecular weight excluding hydrogens is 383 g/mol. The molecule has 0 N–H and O–H groups in total. The predicted molar refractivity (Wildman–Crippen MR) is 92.6 cm³/mol. The number of halogens is 3. The lowest BCUT2D eigenvalue weighted by Crippen LogP contribution is -2.37. The number of aromatic nitrogens is 1. The van der Waals surface area contributed by atoms with E-state index < -0.39 is 0 Å². The zero-order chi connectivity index (χ0) is 16.4. The quantitative estimate of drug-likeness (QED) is 0.702. The minimum atomic E-state index is -0.324. The summed E-state index contributed by atoms with van der Waals surface area (Å²) < 4.78 is 13.8. The molecule has 0 spiro atoms. The normalized spacial score (nSPS) is 15.7. The van der Waals surface area contributed by atoms with E-state index in [1.54, 1.807) is 18.3 Å². The number of hydrogen-bond donors (Lipinski definition) is 0. The van der Waals surface area contributed by atoms with Crippen molar-refractivity contribution in [2.75, 3.05) is 18.0 Å². The van der Waals surface area contributed by atoms with E-state index in [1.165, 1.54) is 12.1 Å². The van der Waals surface area contributed by atoms with E-state index >= 15 is 0 Å². The van der Waals surface area contributed by atoms with Crippen LogP contribution in [0.1, 0.15) is 23.2 Å². The number of piperidine rings is 1. The van der Waals surface area contributed by atoms with Gasteiger partial charge < -0.3 is 4.90 Å². The van der Waals surface area contributed by atoms with E-state index in [-0.39, 0.29) is 17.5 Å². The number of carbonyl (C=O) groups excluding carboxylic acids is 1. The smallest absolute Gasteiger partial charge is 0.166 e. The maximum atomic E-state index is 13.0. The summed E-state index contributed by atoms with van der Waals surface area (Å²) in [6.07, 6.45) is 3.14. The van der Waals surface area contributed by atoms with Gasteiger partial charge in [-0.1, -0.05) is 11.6 Å². The Morgan fingerprint density at radius 2 is 1.91 bits per heavy atom. The van der Waals surface area contributed by atoms with Crippen LogP contribution >= 0.6 is 27.5 Å². The SMILES string of the molecule is O=C(c1ccc(F)cc1)C1CCN(c2ncc(Cl)cc2Br)CC1. The van der Waals surface area contributed by atoms with Gasteiger partial charge in [-0.2, -0.15) is 0 Å². The number of nitrogens with zero attached hydrogens (tertiary/aromatic N) is 2. The molecule has 1 aliphatic rings. The van der Waals surface area contributed by atoms with Gasteiger partial charge in [0.05, 0.1) is 9.50 Å². The van der Waals surface area contributed by atoms with Crippen LogP contribution in [0.2, 0.25) is 5.02 Å². The third kappa shape index (κ3) is 3.72. The van der Waals surface area contributed by atoms with Gasteiger partial charge in [-0.05, 0) is 59.1 Å². The van der Waals surface area contributed by atoms with Crippen LogP contribution in [0.5, 0.6) is 0 Å². The minimum absolute atomic E-state index is 0.0252. The predicted octanol–water partition coefficient (Wildman–Crippen LogP) is 4.74. The second kappa shape index (κ2) is 6.97. The van der Waals surface area contributed by atoms with Crippen LogP contribution in [0.25, 0.3) is 0 Å². The monoisotopic (exact) mass is 396 g/mol. The fraction of sp³-hybridized carbons (Fsp3) is 0.294. The molecular formula is C17H15BrClFN2O. The molecule has 0 amide bonds. The van der Waals surface area contributed by atoms with Gasteiger partial charge in [0.1, 0.15) is 11.6 Å². The first kappa shape index (κ1) is 16.4. The lowest BCUT2D eigenvalue weighted by Gasteiger charge is -2.32. The van der Waals surface area contributed by atoms with Crippen molar-refractivity contribution in [1.82, 2.24) is 4.98 Å². The van der Waals surface area contributed by atoms with Gasteiger partial charge >= 0.3 is 0 Å². The molecule has 3 nitrogen and oxygen atoms in total. The number of pyridine rings is 1. The Kier molecular flexibility index (Phi) is 4.97. The van der Waals surface area contributed by atoms with E-state index in [0.29, 0.717) is 10.6 Å². The van der Waals surface area contributed by atoms with E-state index in [4.69, 9.17) is 11.6 Å². The fourth-order valence-corrected chi connectivity index (χ4v) is 3.73. The van der Waals surface area contributed by atoms with Crippen molar-refractivity contribution < 1.29 is 9.18 Å². The summed E-state index contributed by atoms with van der Waals surface area (Å²) >= 11 is 9.40. The second-order valence-corrected chi connectivity index (χ2v) is 6.88. The molecule has 1 aromatic heterocycles. The van der Waals surface area contributed by atoms with E-state index in [1.807, 2.05) is 6.07 Å². The Morgan fingerprint density at radius 1 is 1.26 bits per heavy atom. The summed E-state index contributed by atoms with van der Waals surface area (Å²) in [5.74, 6) is 0.590. The van der Waals surface area contributed by atoms with Gasteiger partial charge in [-0.3, -0.25) is 4.79 Å². The Bertz CT molecular complexity index is 715. The number of benzene rings is 1. The van der Waals surface area contributed by atoms with Gasteiger partial charge in [0.25, 0.3) is 0 Å². The molecule has 0 saturated carbocycles. The highest BCUT2D eigenvalue weighted by atomic mass is 79.9. The van der Waals surface area contributed by atoms with Crippen molar-refractivity contribution in [3.05, 3.63) is 57.4 Å². The summed E-state index contributed by atoms with van der Waals surface area (Å²) in [5.41, 5.74) is 0.579. The molecule has 6 heteroatoms. The molecule has 0 unspecified atom stereocenters. The Labute approximate surface area is 147 Å². The molecule has 0 atom stereocenters. The average Bonchev–Trinajstić information content (AvgIpc) is 2.55. The van der Waals surface area contributed by atoms with Crippen LogP contribution in [-0.2, 0) is 0 Å². The molecule has 3 rings (SSSR count). The van der Waals surface area contributed by atoms with Crippen LogP contribution in [0.4, 0.5) is 10.2 Å². The zero-order valence-electron chi connectivity index (χ0n) is 12.3. The molecule has 0 aliphatic carbocycles. The van der Waals surface area contributed by atoms with Gasteiger partial charge in [0.2, 0.25) is 0 Å². The van der Waals surface area contributed by atoms with Crippen molar-refractivity contribution in [2.24, 2.45) is 5.92 Å². The molecule has 1 aromatic carbocycles. The van der Waals surface area contributed by atoms with Crippen molar-refractivity contribution in [2.45, 2.75) is 12.8 Å². The molecule has 23 heavy (non-hydrogen) atoms. The number of Topliss-reactive ketones (excluding diaryl/α,β-unsaturated/α-hetero) is 1. The highest BCUT2D eigenvalue weighted by molar-refractivity contribution is 9.10.